The predicted octanol–water partition coefficient (Wildman–Crippen LogP) is 4.00. The second kappa shape index (κ2) is 18.1. The van der Waals surface area contributed by atoms with Gasteiger partial charge in [0.1, 0.15) is 5.75 Å². The number of urea groups is 1. The van der Waals surface area contributed by atoms with Crippen molar-refractivity contribution in [2.75, 3.05) is 79.7 Å². The second-order valence-electron chi connectivity index (χ2n) is 14.0. The Morgan fingerprint density at radius 2 is 1.63 bits per heavy atom. The van der Waals surface area contributed by atoms with E-state index in [9.17, 15) is 14.4 Å². The van der Waals surface area contributed by atoms with Crippen molar-refractivity contribution in [1.29, 1.82) is 0 Å². The largest absolute Gasteiger partial charge is 0.496 e. The molecule has 1 unspecified atom stereocenters. The van der Waals surface area contributed by atoms with Crippen molar-refractivity contribution in [3.63, 3.8) is 0 Å². The molecule has 0 aliphatic carbocycles. The molecule has 2 N–H and O–H groups in total. The van der Waals surface area contributed by atoms with E-state index in [1.165, 1.54) is 5.56 Å². The molecule has 1 atom stereocenters. The molecule has 0 bridgehead atoms. The third-order valence-corrected chi connectivity index (χ3v) is 10.6. The highest BCUT2D eigenvalue weighted by atomic mass is 16.5. The van der Waals surface area contributed by atoms with Gasteiger partial charge in [-0.25, -0.2) is 4.79 Å². The van der Waals surface area contributed by atoms with E-state index in [2.05, 4.69) is 55.1 Å². The zero-order valence-corrected chi connectivity index (χ0v) is 31.4. The van der Waals surface area contributed by atoms with Gasteiger partial charge in [-0.1, -0.05) is 60.7 Å². The molecule has 3 aromatic carbocycles. The fourth-order valence-electron chi connectivity index (χ4n) is 7.53. The van der Waals surface area contributed by atoms with Gasteiger partial charge in [-0.3, -0.25) is 14.5 Å². The van der Waals surface area contributed by atoms with Crippen LogP contribution in [-0.2, 0) is 15.1 Å². The summed E-state index contributed by atoms with van der Waals surface area (Å²) in [6.07, 6.45) is 2.40. The van der Waals surface area contributed by atoms with E-state index in [-0.39, 0.29) is 30.4 Å². The second-order valence-corrected chi connectivity index (χ2v) is 14.0. The number of rotatable bonds is 14. The average Bonchev–Trinajstić information content (AvgIpc) is 3.76. The Kier molecular flexibility index (Phi) is 12.9. The molecule has 0 saturated carbocycles. The number of tetrazole rings is 1. The molecule has 3 amide bonds. The molecular formula is C40H51N9O5. The highest BCUT2D eigenvalue weighted by Gasteiger charge is 2.39. The molecular weight excluding hydrogens is 686 g/mol. The van der Waals surface area contributed by atoms with E-state index in [0.717, 1.165) is 44.5 Å². The van der Waals surface area contributed by atoms with Crippen molar-refractivity contribution >= 4 is 17.9 Å². The van der Waals surface area contributed by atoms with Crippen LogP contribution in [0.2, 0.25) is 0 Å². The number of carbonyl (C=O) groups is 3. The number of benzene rings is 3. The summed E-state index contributed by atoms with van der Waals surface area (Å²) in [6, 6.07) is 25.9. The molecule has 2 fully saturated rings. The van der Waals surface area contributed by atoms with E-state index in [1.807, 2.05) is 53.2 Å². The van der Waals surface area contributed by atoms with Crippen LogP contribution in [0.5, 0.6) is 5.75 Å². The topological polar surface area (TPSA) is 149 Å². The summed E-state index contributed by atoms with van der Waals surface area (Å²) in [5.74, 6) is 0.591. The molecule has 14 heteroatoms. The number of piperazine rings is 1. The minimum atomic E-state index is -0.489. The number of aromatic nitrogens is 4. The molecule has 286 valence electrons. The summed E-state index contributed by atoms with van der Waals surface area (Å²) in [6.45, 7) is 7.77. The fraction of sp³-hybridized carbons (Fsp3) is 0.450. The lowest BCUT2D eigenvalue weighted by molar-refractivity contribution is -0.144. The number of likely N-dealkylation sites (tertiary alicyclic amines) is 1. The molecule has 3 heterocycles. The standard InChI is InChI=1S/C40H51N9O5/c1-4-54-36(50)29-48-23-25-49(26-24-48)39(52)41-40(33-13-9-6-10-14-33)18-21-47(22-19-40)20-17-32(30-11-7-5-8-12-30)28-46(2)38(51)34-27-31(15-16-35(34)53-3)37-42-44-45-43-37/h5-16,27,32H,4,17-26,28-29H2,1-3H3,(H,41,52)(H,42,43,44,45). The molecule has 6 rings (SSSR count). The minimum absolute atomic E-state index is 0.0700. The lowest BCUT2D eigenvalue weighted by Gasteiger charge is -2.44. The van der Waals surface area contributed by atoms with Crippen LogP contribution in [0.25, 0.3) is 11.4 Å². The van der Waals surface area contributed by atoms with Crippen molar-refractivity contribution in [2.45, 2.75) is 37.6 Å². The molecule has 4 aromatic rings. The fourth-order valence-corrected chi connectivity index (χ4v) is 7.53. The molecule has 0 spiro atoms. The first kappa shape index (κ1) is 38.4. The van der Waals surface area contributed by atoms with Crippen LogP contribution in [0.1, 0.15) is 53.6 Å². The van der Waals surface area contributed by atoms with Crippen LogP contribution >= 0.6 is 0 Å². The van der Waals surface area contributed by atoms with Gasteiger partial charge in [0.25, 0.3) is 5.91 Å². The van der Waals surface area contributed by atoms with Crippen LogP contribution in [0.3, 0.4) is 0 Å². The van der Waals surface area contributed by atoms with Gasteiger partial charge in [-0.2, -0.15) is 5.21 Å². The normalized spacial score (nSPS) is 16.7. The van der Waals surface area contributed by atoms with Crippen molar-refractivity contribution in [3.05, 3.63) is 95.6 Å². The lowest BCUT2D eigenvalue weighted by atomic mass is 9.80. The zero-order valence-electron chi connectivity index (χ0n) is 31.4. The number of H-pyrrole nitrogens is 1. The number of piperidine rings is 1. The van der Waals surface area contributed by atoms with Crippen LogP contribution in [0.15, 0.2) is 78.9 Å². The zero-order chi connectivity index (χ0) is 37.9. The highest BCUT2D eigenvalue weighted by molar-refractivity contribution is 5.98. The summed E-state index contributed by atoms with van der Waals surface area (Å²) in [5.41, 5.74) is 2.90. The Hall–Kier alpha value is -5.34. The van der Waals surface area contributed by atoms with Crippen LogP contribution in [0.4, 0.5) is 4.79 Å². The maximum absolute atomic E-state index is 13.9. The van der Waals surface area contributed by atoms with Crippen LogP contribution in [0, 0.1) is 0 Å². The number of likely N-dealkylation sites (N-methyl/N-ethyl adjacent to an activating group) is 1. The van der Waals surface area contributed by atoms with Gasteiger partial charge >= 0.3 is 12.0 Å². The molecule has 2 aliphatic rings. The minimum Gasteiger partial charge on any atom is -0.496 e. The van der Waals surface area contributed by atoms with E-state index in [0.29, 0.717) is 62.0 Å². The Bertz CT molecular complexity index is 1810. The Labute approximate surface area is 316 Å². The number of amides is 3. The molecule has 1 aromatic heterocycles. The summed E-state index contributed by atoms with van der Waals surface area (Å²) in [5, 5.41) is 17.7. The number of ether oxygens (including phenoxy) is 2. The SMILES string of the molecule is CCOC(=O)CN1CCN(C(=O)NC2(c3ccccc3)CCN(CCC(CN(C)C(=O)c3cc(-c4nn[nH]n4)ccc3OC)c3ccccc3)CC2)CC1. The number of aromatic amines is 1. The van der Waals surface area contributed by atoms with E-state index >= 15 is 0 Å². The summed E-state index contributed by atoms with van der Waals surface area (Å²) >= 11 is 0. The van der Waals surface area contributed by atoms with Crippen molar-refractivity contribution < 1.29 is 23.9 Å². The quantitative estimate of drug-likeness (QED) is 0.182. The maximum atomic E-state index is 13.9. The number of nitrogens with zero attached hydrogens (tertiary/aromatic N) is 7. The molecule has 2 aliphatic heterocycles. The van der Waals surface area contributed by atoms with Crippen molar-refractivity contribution in [2.24, 2.45) is 0 Å². The number of carbonyl (C=O) groups excluding carboxylic acids is 3. The molecule has 14 nitrogen and oxygen atoms in total. The summed E-state index contributed by atoms with van der Waals surface area (Å²) < 4.78 is 10.7. The lowest BCUT2D eigenvalue weighted by Crippen LogP contribution is -2.59. The summed E-state index contributed by atoms with van der Waals surface area (Å²) in [7, 11) is 3.39. The van der Waals surface area contributed by atoms with E-state index < -0.39 is 5.54 Å². The smallest absolute Gasteiger partial charge is 0.320 e. The first-order chi connectivity index (χ1) is 26.3. The third-order valence-electron chi connectivity index (χ3n) is 10.6. The molecule has 2 saturated heterocycles. The van der Waals surface area contributed by atoms with Gasteiger partial charge in [0.05, 0.1) is 31.4 Å². The number of esters is 1. The van der Waals surface area contributed by atoms with Gasteiger partial charge in [-0.15, -0.1) is 10.2 Å². The Morgan fingerprint density at radius 3 is 2.28 bits per heavy atom. The number of hydrogen-bond donors (Lipinski definition) is 2. The van der Waals surface area contributed by atoms with Gasteiger partial charge < -0.3 is 29.5 Å². The van der Waals surface area contributed by atoms with Crippen LogP contribution in [-0.4, -0.2) is 138 Å². The van der Waals surface area contributed by atoms with Gasteiger partial charge in [0.2, 0.25) is 5.82 Å². The van der Waals surface area contributed by atoms with Gasteiger partial charge in [0.15, 0.2) is 0 Å². The average molecular weight is 738 g/mol. The predicted molar refractivity (Wildman–Crippen MR) is 204 cm³/mol. The van der Waals surface area contributed by atoms with Crippen molar-refractivity contribution in [3.8, 4) is 17.1 Å². The number of methoxy groups -OCH3 is 1. The van der Waals surface area contributed by atoms with Crippen LogP contribution < -0.4 is 10.1 Å². The highest BCUT2D eigenvalue weighted by Crippen LogP contribution is 2.34. The molecule has 0 radical (unpaired) electrons. The first-order valence-electron chi connectivity index (χ1n) is 18.7. The van der Waals surface area contributed by atoms with E-state index in [1.54, 1.807) is 37.1 Å². The van der Waals surface area contributed by atoms with Crippen molar-refractivity contribution in [1.82, 2.24) is 45.5 Å². The Balaban J connectivity index is 1.09. The van der Waals surface area contributed by atoms with Gasteiger partial charge in [-0.05, 0) is 67.3 Å². The number of hydrogen-bond acceptors (Lipinski definition) is 10. The third kappa shape index (κ3) is 9.41. The monoisotopic (exact) mass is 737 g/mol. The Morgan fingerprint density at radius 1 is 0.926 bits per heavy atom. The summed E-state index contributed by atoms with van der Waals surface area (Å²) in [4.78, 5) is 47.8. The first-order valence-corrected chi connectivity index (χ1v) is 18.7. The van der Waals surface area contributed by atoms with E-state index in [4.69, 9.17) is 9.47 Å². The molecule has 54 heavy (non-hydrogen) atoms. The maximum Gasteiger partial charge on any atom is 0.320 e. The number of nitrogens with one attached hydrogen (secondary N) is 2. The van der Waals surface area contributed by atoms with Gasteiger partial charge in [0, 0.05) is 64.3 Å².